The van der Waals surface area contributed by atoms with Gasteiger partial charge in [0, 0.05) is 11.4 Å². The van der Waals surface area contributed by atoms with Gasteiger partial charge in [-0.25, -0.2) is 4.98 Å². The van der Waals surface area contributed by atoms with Crippen molar-refractivity contribution in [3.8, 4) is 11.5 Å². The lowest BCUT2D eigenvalue weighted by molar-refractivity contribution is 0.465. The lowest BCUT2D eigenvalue weighted by atomic mass is 10.2. The molecule has 1 N–H and O–H groups in total. The minimum Gasteiger partial charge on any atom is -0.453 e. The Labute approximate surface area is 116 Å². The third-order valence-electron chi connectivity index (χ3n) is 3.59. The van der Waals surface area contributed by atoms with Crippen molar-refractivity contribution in [2.45, 2.75) is 32.4 Å². The first-order valence-electron chi connectivity index (χ1n) is 6.96. The second kappa shape index (κ2) is 4.49. The predicted molar refractivity (Wildman–Crippen MR) is 76.3 cm³/mol. The summed E-state index contributed by atoms with van der Waals surface area (Å²) in [5.41, 5.74) is 2.09. The molecule has 1 aromatic carbocycles. The monoisotopic (exact) mass is 268 g/mol. The largest absolute Gasteiger partial charge is 0.453 e. The number of benzene rings is 1. The molecule has 0 aliphatic heterocycles. The molecule has 0 spiro atoms. The van der Waals surface area contributed by atoms with E-state index in [0.29, 0.717) is 24.2 Å². The second-order valence-corrected chi connectivity index (χ2v) is 5.43. The topological polar surface area (TPSA) is 51.2 Å². The van der Waals surface area contributed by atoms with Crippen molar-refractivity contribution < 1.29 is 8.83 Å². The molecule has 2 heterocycles. The van der Waals surface area contributed by atoms with E-state index in [1.54, 1.807) is 6.20 Å². The molecule has 1 aliphatic rings. The zero-order valence-electron chi connectivity index (χ0n) is 11.3. The summed E-state index contributed by atoms with van der Waals surface area (Å²) in [6.07, 6.45) is 4.25. The minimum absolute atomic E-state index is 0.652. The number of hydrogen-bond donors (Lipinski definition) is 1. The van der Waals surface area contributed by atoms with Crippen LogP contribution in [0.1, 0.15) is 24.3 Å². The van der Waals surface area contributed by atoms with Crippen LogP contribution in [0.15, 0.2) is 39.3 Å². The molecule has 1 aliphatic carbocycles. The highest BCUT2D eigenvalue weighted by Crippen LogP contribution is 2.29. The molecule has 3 aromatic rings. The van der Waals surface area contributed by atoms with Crippen LogP contribution < -0.4 is 5.32 Å². The molecule has 4 rings (SSSR count). The molecule has 1 fully saturated rings. The van der Waals surface area contributed by atoms with Crippen LogP contribution in [0, 0.1) is 6.92 Å². The van der Waals surface area contributed by atoms with E-state index in [-0.39, 0.29) is 0 Å². The van der Waals surface area contributed by atoms with Crippen molar-refractivity contribution in [2.24, 2.45) is 0 Å². The Kier molecular flexibility index (Phi) is 2.63. The zero-order valence-corrected chi connectivity index (χ0v) is 11.3. The minimum atomic E-state index is 0.652. The molecule has 0 bridgehead atoms. The van der Waals surface area contributed by atoms with Crippen molar-refractivity contribution in [3.63, 3.8) is 0 Å². The Morgan fingerprint density at radius 3 is 2.95 bits per heavy atom. The number of oxazole rings is 1. The summed E-state index contributed by atoms with van der Waals surface area (Å²) < 4.78 is 11.5. The summed E-state index contributed by atoms with van der Waals surface area (Å²) in [7, 11) is 0. The van der Waals surface area contributed by atoms with Crippen LogP contribution in [-0.4, -0.2) is 11.0 Å². The van der Waals surface area contributed by atoms with E-state index in [1.807, 2.05) is 18.2 Å². The van der Waals surface area contributed by atoms with Gasteiger partial charge in [0.2, 0.25) is 5.89 Å². The quantitative estimate of drug-likeness (QED) is 0.784. The molecule has 0 radical (unpaired) electrons. The maximum atomic E-state index is 5.81. The van der Waals surface area contributed by atoms with Crippen LogP contribution in [0.25, 0.3) is 22.5 Å². The van der Waals surface area contributed by atoms with Crippen LogP contribution in [0.5, 0.6) is 0 Å². The molecule has 20 heavy (non-hydrogen) atoms. The number of nitrogens with one attached hydrogen (secondary N) is 1. The second-order valence-electron chi connectivity index (χ2n) is 5.43. The molecule has 102 valence electrons. The normalized spacial score (nSPS) is 15.1. The van der Waals surface area contributed by atoms with Crippen molar-refractivity contribution in [2.75, 3.05) is 0 Å². The summed E-state index contributed by atoms with van der Waals surface area (Å²) in [6, 6.07) is 8.79. The lowest BCUT2D eigenvalue weighted by Crippen LogP contribution is -2.15. The van der Waals surface area contributed by atoms with Gasteiger partial charge in [0.1, 0.15) is 5.58 Å². The highest BCUT2D eigenvalue weighted by atomic mass is 16.4. The maximum absolute atomic E-state index is 5.81. The van der Waals surface area contributed by atoms with Crippen LogP contribution >= 0.6 is 0 Å². The zero-order chi connectivity index (χ0) is 13.5. The van der Waals surface area contributed by atoms with Gasteiger partial charge in [0.15, 0.2) is 11.5 Å². The Morgan fingerprint density at radius 2 is 2.10 bits per heavy atom. The van der Waals surface area contributed by atoms with Gasteiger partial charge in [0.25, 0.3) is 0 Å². The number of rotatable bonds is 4. The van der Waals surface area contributed by atoms with Gasteiger partial charge in [0.05, 0.1) is 12.7 Å². The Balaban J connectivity index is 1.60. The third kappa shape index (κ3) is 2.23. The summed E-state index contributed by atoms with van der Waals surface area (Å²) in [6.45, 7) is 2.76. The van der Waals surface area contributed by atoms with Gasteiger partial charge in [-0.05, 0) is 38.0 Å². The number of fused-ring (bicyclic) bond motifs is 1. The first-order chi connectivity index (χ1) is 9.78. The number of aryl methyl sites for hydroxylation is 1. The number of aromatic nitrogens is 1. The molecule has 0 unspecified atom stereocenters. The van der Waals surface area contributed by atoms with Gasteiger partial charge >= 0.3 is 0 Å². The van der Waals surface area contributed by atoms with Gasteiger partial charge < -0.3 is 14.2 Å². The Hall–Kier alpha value is -2.07. The van der Waals surface area contributed by atoms with Gasteiger partial charge in [-0.2, -0.15) is 0 Å². The first-order valence-corrected chi connectivity index (χ1v) is 6.96. The summed E-state index contributed by atoms with van der Waals surface area (Å²) in [5.74, 6) is 2.13. The van der Waals surface area contributed by atoms with E-state index in [2.05, 4.69) is 23.3 Å². The number of hydrogen-bond acceptors (Lipinski definition) is 4. The molecule has 4 heteroatoms. The van der Waals surface area contributed by atoms with Crippen molar-refractivity contribution in [3.05, 3.63) is 41.9 Å². The average molecular weight is 268 g/mol. The van der Waals surface area contributed by atoms with E-state index in [9.17, 15) is 0 Å². The maximum Gasteiger partial charge on any atom is 0.209 e. The van der Waals surface area contributed by atoms with Gasteiger partial charge in [-0.15, -0.1) is 0 Å². The summed E-state index contributed by atoms with van der Waals surface area (Å²) in [5, 5.41) is 4.48. The van der Waals surface area contributed by atoms with E-state index in [0.717, 1.165) is 16.7 Å². The van der Waals surface area contributed by atoms with Crippen LogP contribution in [0.4, 0.5) is 0 Å². The Morgan fingerprint density at radius 1 is 1.20 bits per heavy atom. The number of furan rings is 1. The highest BCUT2D eigenvalue weighted by Gasteiger charge is 2.21. The molecular formula is C16H16N2O2. The van der Waals surface area contributed by atoms with Crippen molar-refractivity contribution >= 4 is 11.0 Å². The molecule has 0 atom stereocenters. The van der Waals surface area contributed by atoms with E-state index >= 15 is 0 Å². The summed E-state index contributed by atoms with van der Waals surface area (Å²) in [4.78, 5) is 4.29. The van der Waals surface area contributed by atoms with Gasteiger partial charge in [-0.3, -0.25) is 0 Å². The van der Waals surface area contributed by atoms with Crippen molar-refractivity contribution in [1.29, 1.82) is 0 Å². The van der Waals surface area contributed by atoms with Gasteiger partial charge in [-0.1, -0.05) is 11.6 Å². The first kappa shape index (κ1) is 11.7. The molecule has 0 amide bonds. The smallest absolute Gasteiger partial charge is 0.209 e. The predicted octanol–water partition coefficient (Wildman–Crippen LogP) is 3.65. The highest BCUT2D eigenvalue weighted by molar-refractivity contribution is 5.82. The standard InChI is InChI=1S/C16H16N2O2/c1-10-2-5-13-11(6-10)7-14(19-13)15-8-18-16(20-15)9-17-12-3-4-12/h2,5-8,12,17H,3-4,9H2,1H3. The molecular weight excluding hydrogens is 252 g/mol. The van der Waals surface area contributed by atoms with E-state index in [1.165, 1.54) is 18.4 Å². The SMILES string of the molecule is Cc1ccc2oc(-c3cnc(CNC4CC4)o3)cc2c1. The van der Waals surface area contributed by atoms with Crippen molar-refractivity contribution in [1.82, 2.24) is 10.3 Å². The molecule has 2 aromatic heterocycles. The van der Waals surface area contributed by atoms with E-state index in [4.69, 9.17) is 8.83 Å². The third-order valence-corrected chi connectivity index (χ3v) is 3.59. The molecule has 0 saturated heterocycles. The molecule has 1 saturated carbocycles. The fourth-order valence-corrected chi connectivity index (χ4v) is 2.31. The fraction of sp³-hybridized carbons (Fsp3) is 0.312. The van der Waals surface area contributed by atoms with Crippen LogP contribution in [-0.2, 0) is 6.54 Å². The number of nitrogens with zero attached hydrogens (tertiary/aromatic N) is 1. The van der Waals surface area contributed by atoms with Crippen LogP contribution in [0.2, 0.25) is 0 Å². The molecule has 4 nitrogen and oxygen atoms in total. The summed E-state index contributed by atoms with van der Waals surface area (Å²) >= 11 is 0. The average Bonchev–Trinajstić information content (AvgIpc) is 2.99. The van der Waals surface area contributed by atoms with Crippen LogP contribution in [0.3, 0.4) is 0 Å². The Bertz CT molecular complexity index is 753. The fourth-order valence-electron chi connectivity index (χ4n) is 2.31. The lowest BCUT2D eigenvalue weighted by Gasteiger charge is -1.96. The van der Waals surface area contributed by atoms with E-state index < -0.39 is 0 Å².